The van der Waals surface area contributed by atoms with Crippen molar-refractivity contribution in [3.05, 3.63) is 41.5 Å². The Labute approximate surface area is 122 Å². The Morgan fingerprint density at radius 1 is 1.45 bits per heavy atom. The summed E-state index contributed by atoms with van der Waals surface area (Å²) in [5.74, 6) is 3.69. The van der Waals surface area contributed by atoms with E-state index in [1.807, 2.05) is 23.9 Å². The first-order valence-electron chi connectivity index (χ1n) is 6.61. The average molecular weight is 291 g/mol. The first kappa shape index (κ1) is 13.5. The van der Waals surface area contributed by atoms with E-state index < -0.39 is 0 Å². The van der Waals surface area contributed by atoms with Crippen LogP contribution in [0.3, 0.4) is 0 Å². The smallest absolute Gasteiger partial charge is 0.231 e. The zero-order chi connectivity index (χ0) is 13.9. The van der Waals surface area contributed by atoms with Crippen molar-refractivity contribution in [2.75, 3.05) is 25.1 Å². The normalized spacial score (nSPS) is 20.1. The van der Waals surface area contributed by atoms with Gasteiger partial charge < -0.3 is 9.63 Å². The van der Waals surface area contributed by atoms with Crippen LogP contribution in [0, 0.1) is 0 Å². The maximum atomic E-state index is 9.77. The van der Waals surface area contributed by atoms with Crippen LogP contribution in [0.15, 0.2) is 28.8 Å². The molecule has 1 saturated heterocycles. The Kier molecular flexibility index (Phi) is 3.93. The predicted molar refractivity (Wildman–Crippen MR) is 77.9 cm³/mol. The molecule has 5 nitrogen and oxygen atoms in total. The van der Waals surface area contributed by atoms with Crippen LogP contribution < -0.4 is 0 Å². The number of phenols is 1. The number of para-hydroxylation sites is 1. The molecule has 0 amide bonds. The number of hydrogen-bond acceptors (Lipinski definition) is 6. The number of aromatic hydroxyl groups is 1. The monoisotopic (exact) mass is 291 g/mol. The molecule has 0 aliphatic carbocycles. The van der Waals surface area contributed by atoms with E-state index >= 15 is 0 Å². The van der Waals surface area contributed by atoms with Crippen LogP contribution in [-0.2, 0) is 6.42 Å². The van der Waals surface area contributed by atoms with Crippen molar-refractivity contribution in [2.24, 2.45) is 0 Å². The number of phenolic OH excluding ortho intramolecular Hbond substituents is 1. The Hall–Kier alpha value is -1.53. The molecule has 2 aromatic rings. The van der Waals surface area contributed by atoms with Gasteiger partial charge in [-0.2, -0.15) is 16.7 Å². The van der Waals surface area contributed by atoms with Gasteiger partial charge in [0.05, 0.1) is 12.5 Å². The summed E-state index contributed by atoms with van der Waals surface area (Å²) in [7, 11) is 2.09. The molecule has 1 N–H and O–H groups in total. The van der Waals surface area contributed by atoms with Crippen molar-refractivity contribution in [1.29, 1.82) is 0 Å². The highest BCUT2D eigenvalue weighted by atomic mass is 32.2. The third kappa shape index (κ3) is 2.81. The minimum Gasteiger partial charge on any atom is -0.508 e. The summed E-state index contributed by atoms with van der Waals surface area (Å²) in [6.45, 7) is 1.04. The third-order valence-corrected chi connectivity index (χ3v) is 4.53. The molecule has 2 heterocycles. The Balaban J connectivity index is 1.75. The number of rotatable bonds is 3. The summed E-state index contributed by atoms with van der Waals surface area (Å²) in [6.07, 6.45) is 0.462. The van der Waals surface area contributed by atoms with Crippen molar-refractivity contribution < 1.29 is 9.63 Å². The molecule has 0 spiro atoms. The van der Waals surface area contributed by atoms with Gasteiger partial charge in [0, 0.05) is 23.6 Å². The molecule has 6 heteroatoms. The molecule has 1 aliphatic heterocycles. The lowest BCUT2D eigenvalue weighted by atomic mass is 10.1. The van der Waals surface area contributed by atoms with Crippen LogP contribution in [0.25, 0.3) is 0 Å². The topological polar surface area (TPSA) is 62.4 Å². The van der Waals surface area contributed by atoms with Crippen molar-refractivity contribution in [3.8, 4) is 5.75 Å². The maximum Gasteiger partial charge on any atom is 0.231 e. The highest BCUT2D eigenvalue weighted by Crippen LogP contribution is 2.27. The van der Waals surface area contributed by atoms with Crippen molar-refractivity contribution in [3.63, 3.8) is 0 Å². The zero-order valence-electron chi connectivity index (χ0n) is 11.3. The molecule has 3 rings (SSSR count). The van der Waals surface area contributed by atoms with Crippen LogP contribution in [0.5, 0.6) is 5.75 Å². The van der Waals surface area contributed by atoms with Crippen LogP contribution in [0.4, 0.5) is 0 Å². The number of nitrogens with zero attached hydrogens (tertiary/aromatic N) is 3. The fourth-order valence-corrected chi connectivity index (χ4v) is 3.47. The van der Waals surface area contributed by atoms with Gasteiger partial charge in [0.25, 0.3) is 0 Å². The molecule has 0 bridgehead atoms. The minimum atomic E-state index is 0.218. The summed E-state index contributed by atoms with van der Waals surface area (Å²) in [5.41, 5.74) is 0.800. The van der Waals surface area contributed by atoms with E-state index in [-0.39, 0.29) is 11.8 Å². The van der Waals surface area contributed by atoms with Crippen molar-refractivity contribution >= 4 is 11.8 Å². The molecule has 106 valence electrons. The van der Waals surface area contributed by atoms with Crippen LogP contribution in [0.2, 0.25) is 0 Å². The highest BCUT2D eigenvalue weighted by molar-refractivity contribution is 7.99. The average Bonchev–Trinajstić information content (AvgIpc) is 2.90. The lowest BCUT2D eigenvalue weighted by Crippen LogP contribution is -2.33. The third-order valence-electron chi connectivity index (χ3n) is 3.51. The molecule has 1 atom stereocenters. The summed E-state index contributed by atoms with van der Waals surface area (Å²) < 4.78 is 5.32. The lowest BCUT2D eigenvalue weighted by Gasteiger charge is -2.29. The summed E-state index contributed by atoms with van der Waals surface area (Å²) in [4.78, 5) is 6.73. The van der Waals surface area contributed by atoms with Crippen LogP contribution in [0.1, 0.15) is 23.3 Å². The molecular weight excluding hydrogens is 274 g/mol. The standard InChI is InChI=1S/C14H17N3O2S/c1-17-6-7-20-9-11(17)14-15-13(19-16-14)8-10-4-2-3-5-12(10)18/h2-5,11,18H,6-9H2,1H3. The molecule has 1 fully saturated rings. The van der Waals surface area contributed by atoms with Crippen molar-refractivity contribution in [2.45, 2.75) is 12.5 Å². The molecule has 20 heavy (non-hydrogen) atoms. The van der Waals surface area contributed by atoms with Gasteiger partial charge in [-0.15, -0.1) is 0 Å². The molecule has 0 radical (unpaired) electrons. The molecule has 1 aromatic heterocycles. The minimum absolute atomic E-state index is 0.218. The number of thioether (sulfide) groups is 1. The van der Waals surface area contributed by atoms with Crippen LogP contribution >= 0.6 is 11.8 Å². The second kappa shape index (κ2) is 5.85. The first-order chi connectivity index (χ1) is 9.74. The molecular formula is C14H17N3O2S. The SMILES string of the molecule is CN1CCSCC1c1noc(Cc2ccccc2O)n1. The summed E-state index contributed by atoms with van der Waals surface area (Å²) in [5, 5.41) is 13.9. The zero-order valence-corrected chi connectivity index (χ0v) is 12.1. The first-order valence-corrected chi connectivity index (χ1v) is 7.77. The number of aromatic nitrogens is 2. The second-order valence-electron chi connectivity index (χ2n) is 4.92. The lowest BCUT2D eigenvalue weighted by molar-refractivity contribution is 0.256. The molecule has 1 aliphatic rings. The van der Waals surface area contributed by atoms with Gasteiger partial charge in [0.2, 0.25) is 5.89 Å². The van der Waals surface area contributed by atoms with Gasteiger partial charge in [-0.3, -0.25) is 4.90 Å². The fourth-order valence-electron chi connectivity index (χ4n) is 2.26. The van der Waals surface area contributed by atoms with E-state index in [4.69, 9.17) is 4.52 Å². The highest BCUT2D eigenvalue weighted by Gasteiger charge is 2.25. The van der Waals surface area contributed by atoms with Gasteiger partial charge in [0.15, 0.2) is 5.82 Å². The van der Waals surface area contributed by atoms with E-state index in [0.717, 1.165) is 29.4 Å². The van der Waals surface area contributed by atoms with E-state index in [1.165, 1.54) is 0 Å². The van der Waals surface area contributed by atoms with Gasteiger partial charge in [0.1, 0.15) is 5.75 Å². The Bertz CT molecular complexity index is 587. The van der Waals surface area contributed by atoms with E-state index in [1.54, 1.807) is 12.1 Å². The van der Waals surface area contributed by atoms with E-state index in [2.05, 4.69) is 22.1 Å². The quantitative estimate of drug-likeness (QED) is 0.934. The van der Waals surface area contributed by atoms with Crippen LogP contribution in [-0.4, -0.2) is 45.2 Å². The Morgan fingerprint density at radius 3 is 3.10 bits per heavy atom. The van der Waals surface area contributed by atoms with E-state index in [9.17, 15) is 5.11 Å². The summed E-state index contributed by atoms with van der Waals surface area (Å²) >= 11 is 1.91. The summed E-state index contributed by atoms with van der Waals surface area (Å²) in [6, 6.07) is 7.43. The second-order valence-corrected chi connectivity index (χ2v) is 6.07. The molecule has 1 aromatic carbocycles. The van der Waals surface area contributed by atoms with Gasteiger partial charge in [-0.05, 0) is 13.1 Å². The molecule has 1 unspecified atom stereocenters. The fraction of sp³-hybridized carbons (Fsp3) is 0.429. The number of hydrogen-bond donors (Lipinski definition) is 1. The van der Waals surface area contributed by atoms with Crippen molar-refractivity contribution in [1.82, 2.24) is 15.0 Å². The van der Waals surface area contributed by atoms with E-state index in [0.29, 0.717) is 12.3 Å². The molecule has 0 saturated carbocycles. The van der Waals surface area contributed by atoms with Gasteiger partial charge in [-0.25, -0.2) is 0 Å². The predicted octanol–water partition coefficient (Wildman–Crippen LogP) is 2.09. The van der Waals surface area contributed by atoms with Gasteiger partial charge >= 0.3 is 0 Å². The largest absolute Gasteiger partial charge is 0.508 e. The maximum absolute atomic E-state index is 9.77. The van der Waals surface area contributed by atoms with Gasteiger partial charge in [-0.1, -0.05) is 23.4 Å². The number of benzene rings is 1. The Morgan fingerprint density at radius 2 is 2.30 bits per heavy atom.